The molecule has 0 bridgehead atoms. The van der Waals surface area contributed by atoms with Crippen molar-refractivity contribution in [3.63, 3.8) is 0 Å². The van der Waals surface area contributed by atoms with Gasteiger partial charge in [-0.3, -0.25) is 4.79 Å². The minimum atomic E-state index is -0.504. The van der Waals surface area contributed by atoms with Gasteiger partial charge < -0.3 is 14.6 Å². The summed E-state index contributed by atoms with van der Waals surface area (Å²) in [5.74, 6) is -0.0391. The Morgan fingerprint density at radius 3 is 2.29 bits per heavy atom. The molecule has 0 atom stereocenters. The normalized spacial score (nSPS) is 23.1. The lowest BCUT2D eigenvalue weighted by atomic mass is 9.75. The Balaban J connectivity index is 1.87. The van der Waals surface area contributed by atoms with Gasteiger partial charge in [0.1, 0.15) is 0 Å². The highest BCUT2D eigenvalue weighted by Gasteiger charge is 2.52. The van der Waals surface area contributed by atoms with Gasteiger partial charge in [-0.05, 0) is 52.1 Å². The van der Waals surface area contributed by atoms with E-state index in [1.54, 1.807) is 0 Å². The maximum absolute atomic E-state index is 12.4. The predicted molar refractivity (Wildman–Crippen MR) is 82.6 cm³/mol. The molecule has 0 aromatic heterocycles. The summed E-state index contributed by atoms with van der Waals surface area (Å²) < 4.78 is 12.1. The number of amides is 1. The highest BCUT2D eigenvalue weighted by Crippen LogP contribution is 2.36. The molecule has 1 aliphatic carbocycles. The smallest absolute Gasteiger partial charge is 0.399 e. The van der Waals surface area contributed by atoms with E-state index in [0.29, 0.717) is 11.6 Å². The fourth-order valence-electron chi connectivity index (χ4n) is 2.37. The summed E-state index contributed by atoms with van der Waals surface area (Å²) >= 11 is 0. The largest absolute Gasteiger partial charge is 0.495 e. The molecule has 2 aliphatic rings. The zero-order valence-electron chi connectivity index (χ0n) is 13.1. The van der Waals surface area contributed by atoms with Crippen molar-refractivity contribution in [1.82, 2.24) is 5.32 Å². The molecule has 5 heteroatoms. The topological polar surface area (TPSA) is 47.6 Å². The third-order valence-electron chi connectivity index (χ3n) is 4.63. The minimum Gasteiger partial charge on any atom is -0.399 e. The first-order valence-electron chi connectivity index (χ1n) is 7.55. The standard InChI is InChI=1S/C16H22BNO3/c1-15(2)16(3,4)21-17(20-15)13-8-6-5-7-12(13)14(19)18-11-9-10-11/h5-8,11H,9-10H2,1-4H3,(H,18,19). The van der Waals surface area contributed by atoms with E-state index in [4.69, 9.17) is 9.31 Å². The molecule has 0 unspecified atom stereocenters. The van der Waals surface area contributed by atoms with Crippen LogP contribution in [0.3, 0.4) is 0 Å². The van der Waals surface area contributed by atoms with E-state index in [9.17, 15) is 4.79 Å². The first-order chi connectivity index (χ1) is 9.80. The highest BCUT2D eigenvalue weighted by atomic mass is 16.7. The zero-order chi connectivity index (χ0) is 15.3. The van der Waals surface area contributed by atoms with Crippen molar-refractivity contribution in [1.29, 1.82) is 0 Å². The third-order valence-corrected chi connectivity index (χ3v) is 4.63. The number of carbonyl (C=O) groups excluding carboxylic acids is 1. The highest BCUT2D eigenvalue weighted by molar-refractivity contribution is 6.63. The molecule has 1 aromatic rings. The number of benzene rings is 1. The average molecular weight is 287 g/mol. The van der Waals surface area contributed by atoms with Crippen LogP contribution in [0.4, 0.5) is 0 Å². The molecule has 2 fully saturated rings. The molecule has 112 valence electrons. The van der Waals surface area contributed by atoms with Crippen LogP contribution < -0.4 is 10.8 Å². The summed E-state index contributed by atoms with van der Waals surface area (Å²) in [5, 5.41) is 3.03. The molecule has 1 N–H and O–H groups in total. The van der Waals surface area contributed by atoms with E-state index < -0.39 is 18.3 Å². The zero-order valence-corrected chi connectivity index (χ0v) is 13.1. The van der Waals surface area contributed by atoms with Crippen LogP contribution in [0.15, 0.2) is 24.3 Å². The lowest BCUT2D eigenvalue weighted by Crippen LogP contribution is -2.41. The van der Waals surface area contributed by atoms with Gasteiger partial charge in [0.2, 0.25) is 0 Å². The Hall–Kier alpha value is -1.33. The van der Waals surface area contributed by atoms with Crippen LogP contribution in [0, 0.1) is 0 Å². The molecule has 4 nitrogen and oxygen atoms in total. The number of hydrogen-bond acceptors (Lipinski definition) is 3. The van der Waals surface area contributed by atoms with Gasteiger partial charge >= 0.3 is 7.12 Å². The number of rotatable bonds is 3. The van der Waals surface area contributed by atoms with Crippen molar-refractivity contribution < 1.29 is 14.1 Å². The maximum atomic E-state index is 12.4. The summed E-state index contributed by atoms with van der Waals surface area (Å²) in [7, 11) is -0.504. The molecule has 0 spiro atoms. The molecule has 0 radical (unpaired) electrons. The van der Waals surface area contributed by atoms with Crippen molar-refractivity contribution in [3.8, 4) is 0 Å². The second-order valence-electron chi connectivity index (χ2n) is 6.92. The molecule has 1 aliphatic heterocycles. The Kier molecular flexibility index (Phi) is 3.37. The van der Waals surface area contributed by atoms with Gasteiger partial charge in [0.25, 0.3) is 5.91 Å². The van der Waals surface area contributed by atoms with E-state index in [2.05, 4.69) is 5.32 Å². The molecule has 3 rings (SSSR count). The maximum Gasteiger partial charge on any atom is 0.495 e. The SMILES string of the molecule is CC1(C)OB(c2ccccc2C(=O)NC2CC2)OC1(C)C. The molecule has 1 saturated carbocycles. The van der Waals surface area contributed by atoms with Crippen LogP contribution in [-0.2, 0) is 9.31 Å². The first-order valence-corrected chi connectivity index (χ1v) is 7.55. The van der Waals surface area contributed by atoms with Crippen LogP contribution >= 0.6 is 0 Å². The van der Waals surface area contributed by atoms with Gasteiger partial charge in [0.05, 0.1) is 11.2 Å². The summed E-state index contributed by atoms with van der Waals surface area (Å²) in [6, 6.07) is 7.86. The molecule has 1 saturated heterocycles. The second-order valence-corrected chi connectivity index (χ2v) is 6.92. The van der Waals surface area contributed by atoms with Gasteiger partial charge in [-0.15, -0.1) is 0 Å². The molecule has 1 aromatic carbocycles. The van der Waals surface area contributed by atoms with E-state index in [0.717, 1.165) is 18.3 Å². The van der Waals surface area contributed by atoms with Crippen molar-refractivity contribution in [2.24, 2.45) is 0 Å². The number of hydrogen-bond donors (Lipinski definition) is 1. The van der Waals surface area contributed by atoms with Gasteiger partial charge in [0, 0.05) is 11.6 Å². The van der Waals surface area contributed by atoms with Crippen molar-refractivity contribution in [2.45, 2.75) is 57.8 Å². The molecule has 21 heavy (non-hydrogen) atoms. The van der Waals surface area contributed by atoms with Crippen LogP contribution in [0.5, 0.6) is 0 Å². The van der Waals surface area contributed by atoms with Crippen molar-refractivity contribution in [2.75, 3.05) is 0 Å². The predicted octanol–water partition coefficient (Wildman–Crippen LogP) is 1.88. The average Bonchev–Trinajstić information content (AvgIpc) is 3.17. The quantitative estimate of drug-likeness (QED) is 0.863. The van der Waals surface area contributed by atoms with Crippen molar-refractivity contribution >= 4 is 18.5 Å². The number of carbonyl (C=O) groups is 1. The summed E-state index contributed by atoms with van der Waals surface area (Å²) in [6.07, 6.45) is 2.15. The van der Waals surface area contributed by atoms with E-state index in [1.165, 1.54) is 0 Å². The summed E-state index contributed by atoms with van der Waals surface area (Å²) in [5.41, 5.74) is 0.632. The number of nitrogens with one attached hydrogen (secondary N) is 1. The van der Waals surface area contributed by atoms with Gasteiger partial charge in [0.15, 0.2) is 0 Å². The second kappa shape index (κ2) is 4.85. The monoisotopic (exact) mass is 287 g/mol. The summed E-state index contributed by atoms with van der Waals surface area (Å²) in [6.45, 7) is 8.06. The van der Waals surface area contributed by atoms with Gasteiger partial charge in [-0.25, -0.2) is 0 Å². The lowest BCUT2D eigenvalue weighted by Gasteiger charge is -2.32. The van der Waals surface area contributed by atoms with Crippen LogP contribution in [0.2, 0.25) is 0 Å². The Morgan fingerprint density at radius 1 is 1.14 bits per heavy atom. The molecule has 1 amide bonds. The van der Waals surface area contributed by atoms with Gasteiger partial charge in [-0.2, -0.15) is 0 Å². The molecular weight excluding hydrogens is 265 g/mol. The van der Waals surface area contributed by atoms with Crippen LogP contribution in [0.1, 0.15) is 50.9 Å². The van der Waals surface area contributed by atoms with Gasteiger partial charge in [-0.1, -0.05) is 18.2 Å². The third kappa shape index (κ3) is 2.72. The van der Waals surface area contributed by atoms with E-state index >= 15 is 0 Å². The fourth-order valence-corrected chi connectivity index (χ4v) is 2.37. The van der Waals surface area contributed by atoms with E-state index in [-0.39, 0.29) is 5.91 Å². The summed E-state index contributed by atoms with van der Waals surface area (Å²) in [4.78, 5) is 12.4. The Morgan fingerprint density at radius 2 is 1.71 bits per heavy atom. The van der Waals surface area contributed by atoms with Crippen LogP contribution in [-0.4, -0.2) is 30.3 Å². The van der Waals surface area contributed by atoms with Crippen LogP contribution in [0.25, 0.3) is 0 Å². The Labute approximate surface area is 126 Å². The van der Waals surface area contributed by atoms with E-state index in [1.807, 2.05) is 52.0 Å². The Bertz CT molecular complexity index is 550. The first kappa shape index (κ1) is 14.6. The molecule has 1 heterocycles. The van der Waals surface area contributed by atoms with Crippen molar-refractivity contribution in [3.05, 3.63) is 29.8 Å². The fraction of sp³-hybridized carbons (Fsp3) is 0.562. The lowest BCUT2D eigenvalue weighted by molar-refractivity contribution is 0.00578. The molecular formula is C16H22BNO3. The minimum absolute atomic E-state index is 0.0391.